The Morgan fingerprint density at radius 1 is 0.750 bits per heavy atom. The molecule has 2 amide bonds. The minimum Gasteiger partial charge on any atom is -0.341 e. The van der Waals surface area contributed by atoms with Crippen molar-refractivity contribution in [3.8, 4) is 0 Å². The van der Waals surface area contributed by atoms with Crippen molar-refractivity contribution in [3.05, 3.63) is 136 Å². The van der Waals surface area contributed by atoms with Gasteiger partial charge in [-0.3, -0.25) is 9.59 Å². The highest BCUT2D eigenvalue weighted by atomic mass is 35.5. The van der Waals surface area contributed by atoms with Crippen LogP contribution in [-0.4, -0.2) is 23.8 Å². The largest absolute Gasteiger partial charge is 0.341 e. The SMILES string of the molecule is CN(Cc1ccccc1)C(=O)Cc1cccc(N(Cc2ccc(F)cc2)C(=O)c2ccc(Cl)cc2)c1. The third-order valence-electron chi connectivity index (χ3n) is 5.86. The van der Waals surface area contributed by atoms with Gasteiger partial charge in [0.2, 0.25) is 5.91 Å². The van der Waals surface area contributed by atoms with E-state index in [0.29, 0.717) is 22.8 Å². The fraction of sp³-hybridized carbons (Fsp3) is 0.133. The smallest absolute Gasteiger partial charge is 0.258 e. The summed E-state index contributed by atoms with van der Waals surface area (Å²) in [6, 6.07) is 30.0. The molecular formula is C30H26ClFN2O2. The normalized spacial score (nSPS) is 10.6. The molecule has 4 nitrogen and oxygen atoms in total. The Labute approximate surface area is 215 Å². The summed E-state index contributed by atoms with van der Waals surface area (Å²) >= 11 is 6.01. The number of halogens is 2. The Kier molecular flexibility index (Phi) is 8.13. The van der Waals surface area contributed by atoms with Gasteiger partial charge in [0.05, 0.1) is 13.0 Å². The standard InChI is InChI=1S/C30H26ClFN2O2/c1-33(20-22-6-3-2-4-7-22)29(35)19-24-8-5-9-28(18-24)34(21-23-10-16-27(32)17-11-23)30(36)25-12-14-26(31)15-13-25/h2-18H,19-21H2,1H3. The summed E-state index contributed by atoms with van der Waals surface area (Å²) in [5, 5.41) is 0.539. The quantitative estimate of drug-likeness (QED) is 0.276. The lowest BCUT2D eigenvalue weighted by molar-refractivity contribution is -0.129. The summed E-state index contributed by atoms with van der Waals surface area (Å²) in [6.07, 6.45) is 0.205. The Morgan fingerprint density at radius 2 is 1.39 bits per heavy atom. The van der Waals surface area contributed by atoms with Crippen molar-refractivity contribution >= 4 is 29.1 Å². The Balaban J connectivity index is 1.57. The molecule has 4 aromatic rings. The molecule has 0 unspecified atom stereocenters. The van der Waals surface area contributed by atoms with Crippen LogP contribution in [0.3, 0.4) is 0 Å². The van der Waals surface area contributed by atoms with Crippen molar-refractivity contribution in [1.82, 2.24) is 4.90 Å². The zero-order chi connectivity index (χ0) is 25.5. The van der Waals surface area contributed by atoms with Gasteiger partial charge in [-0.25, -0.2) is 4.39 Å². The fourth-order valence-electron chi connectivity index (χ4n) is 3.89. The third-order valence-corrected chi connectivity index (χ3v) is 6.11. The molecule has 0 aromatic heterocycles. The predicted octanol–water partition coefficient (Wildman–Crippen LogP) is 6.53. The molecule has 0 saturated carbocycles. The topological polar surface area (TPSA) is 40.6 Å². The van der Waals surface area contributed by atoms with Crippen LogP contribution in [0.25, 0.3) is 0 Å². The average molecular weight is 501 g/mol. The minimum absolute atomic E-state index is 0.0230. The maximum atomic E-state index is 13.5. The molecule has 6 heteroatoms. The van der Waals surface area contributed by atoms with E-state index in [1.807, 2.05) is 54.6 Å². The first-order valence-electron chi connectivity index (χ1n) is 11.6. The second kappa shape index (κ2) is 11.6. The van der Waals surface area contributed by atoms with Gasteiger partial charge in [-0.15, -0.1) is 0 Å². The van der Waals surface area contributed by atoms with Crippen LogP contribution in [0.5, 0.6) is 0 Å². The van der Waals surface area contributed by atoms with Crippen LogP contribution in [0.2, 0.25) is 5.02 Å². The minimum atomic E-state index is -0.338. The molecule has 0 bridgehead atoms. The number of carbonyl (C=O) groups is 2. The van der Waals surface area contributed by atoms with Crippen LogP contribution < -0.4 is 4.90 Å². The van der Waals surface area contributed by atoms with Crippen LogP contribution >= 0.6 is 11.6 Å². The Morgan fingerprint density at radius 3 is 2.08 bits per heavy atom. The molecule has 182 valence electrons. The molecule has 36 heavy (non-hydrogen) atoms. The van der Waals surface area contributed by atoms with Crippen molar-refractivity contribution in [2.45, 2.75) is 19.5 Å². The molecule has 4 rings (SSSR count). The van der Waals surface area contributed by atoms with Gasteiger partial charge in [0.1, 0.15) is 5.82 Å². The average Bonchev–Trinajstić information content (AvgIpc) is 2.89. The number of anilines is 1. The van der Waals surface area contributed by atoms with Crippen molar-refractivity contribution in [3.63, 3.8) is 0 Å². The molecule has 0 spiro atoms. The highest BCUT2D eigenvalue weighted by molar-refractivity contribution is 6.30. The van der Waals surface area contributed by atoms with E-state index in [2.05, 4.69) is 0 Å². The van der Waals surface area contributed by atoms with E-state index in [0.717, 1.165) is 16.7 Å². The summed E-state index contributed by atoms with van der Waals surface area (Å²) in [4.78, 5) is 29.7. The van der Waals surface area contributed by atoms with Gasteiger partial charge in [0.25, 0.3) is 5.91 Å². The monoisotopic (exact) mass is 500 g/mol. The second-order valence-electron chi connectivity index (χ2n) is 8.61. The van der Waals surface area contributed by atoms with Gasteiger partial charge >= 0.3 is 0 Å². The van der Waals surface area contributed by atoms with Crippen LogP contribution in [0, 0.1) is 5.82 Å². The lowest BCUT2D eigenvalue weighted by Gasteiger charge is -2.24. The Hall–Kier alpha value is -3.96. The third kappa shape index (κ3) is 6.58. The first-order chi connectivity index (χ1) is 17.4. The predicted molar refractivity (Wildman–Crippen MR) is 141 cm³/mol. The van der Waals surface area contributed by atoms with E-state index < -0.39 is 0 Å². The van der Waals surface area contributed by atoms with E-state index in [4.69, 9.17) is 11.6 Å². The summed E-state index contributed by atoms with van der Waals surface area (Å²) < 4.78 is 13.5. The number of amides is 2. The number of benzene rings is 4. The van der Waals surface area contributed by atoms with Crippen molar-refractivity contribution in [2.24, 2.45) is 0 Å². The lowest BCUT2D eigenvalue weighted by Crippen LogP contribution is -2.31. The maximum Gasteiger partial charge on any atom is 0.258 e. The molecule has 0 N–H and O–H groups in total. The van der Waals surface area contributed by atoms with Crippen LogP contribution in [0.1, 0.15) is 27.0 Å². The molecule has 0 radical (unpaired) electrons. The molecule has 0 heterocycles. The fourth-order valence-corrected chi connectivity index (χ4v) is 4.02. The number of rotatable bonds is 8. The number of likely N-dealkylation sites (N-methyl/N-ethyl adjacent to an activating group) is 1. The zero-order valence-electron chi connectivity index (χ0n) is 19.9. The number of hydrogen-bond donors (Lipinski definition) is 0. The summed E-state index contributed by atoms with van der Waals surface area (Å²) in [6.45, 7) is 0.762. The second-order valence-corrected chi connectivity index (χ2v) is 9.04. The van der Waals surface area contributed by atoms with E-state index >= 15 is 0 Å². The maximum absolute atomic E-state index is 13.5. The molecule has 0 aliphatic heterocycles. The van der Waals surface area contributed by atoms with Crippen LogP contribution in [0.15, 0.2) is 103 Å². The van der Waals surface area contributed by atoms with E-state index in [-0.39, 0.29) is 30.6 Å². The molecule has 0 fully saturated rings. The van der Waals surface area contributed by atoms with E-state index in [9.17, 15) is 14.0 Å². The molecule has 0 atom stereocenters. The molecule has 0 saturated heterocycles. The van der Waals surface area contributed by atoms with Crippen LogP contribution in [-0.2, 0) is 24.3 Å². The molecule has 0 aliphatic rings. The number of hydrogen-bond acceptors (Lipinski definition) is 2. The van der Waals surface area contributed by atoms with Gasteiger partial charge < -0.3 is 9.80 Å². The van der Waals surface area contributed by atoms with Gasteiger partial charge in [-0.05, 0) is 65.2 Å². The van der Waals surface area contributed by atoms with Gasteiger partial charge in [-0.1, -0.05) is 66.2 Å². The van der Waals surface area contributed by atoms with Crippen molar-refractivity contribution in [1.29, 1.82) is 0 Å². The first kappa shape index (κ1) is 25.1. The molecular weight excluding hydrogens is 475 g/mol. The van der Waals surface area contributed by atoms with Crippen molar-refractivity contribution in [2.75, 3.05) is 11.9 Å². The highest BCUT2D eigenvalue weighted by Crippen LogP contribution is 2.23. The van der Waals surface area contributed by atoms with Crippen molar-refractivity contribution < 1.29 is 14.0 Å². The van der Waals surface area contributed by atoms with E-state index in [1.54, 1.807) is 53.2 Å². The zero-order valence-corrected chi connectivity index (χ0v) is 20.7. The van der Waals surface area contributed by atoms with Crippen LogP contribution in [0.4, 0.5) is 10.1 Å². The molecule has 0 aliphatic carbocycles. The van der Waals surface area contributed by atoms with Gasteiger partial charge in [-0.2, -0.15) is 0 Å². The summed E-state index contributed by atoms with van der Waals surface area (Å²) in [7, 11) is 1.78. The number of carbonyl (C=O) groups excluding carboxylic acids is 2. The van der Waals surface area contributed by atoms with Gasteiger partial charge in [0.15, 0.2) is 0 Å². The lowest BCUT2D eigenvalue weighted by atomic mass is 10.1. The summed E-state index contributed by atoms with van der Waals surface area (Å²) in [5.41, 5.74) is 3.76. The highest BCUT2D eigenvalue weighted by Gasteiger charge is 2.20. The molecule has 4 aromatic carbocycles. The first-order valence-corrected chi connectivity index (χ1v) is 12.0. The Bertz CT molecular complexity index is 1330. The summed E-state index contributed by atoms with van der Waals surface area (Å²) in [5.74, 6) is -0.583. The number of nitrogens with zero attached hydrogens (tertiary/aromatic N) is 2. The van der Waals surface area contributed by atoms with Gasteiger partial charge in [0, 0.05) is 29.9 Å². The van der Waals surface area contributed by atoms with E-state index in [1.165, 1.54) is 12.1 Å².